The van der Waals surface area contributed by atoms with Gasteiger partial charge < -0.3 is 14.2 Å². The number of carbonyl (C=O) groups excluding carboxylic acids is 2. The predicted octanol–water partition coefficient (Wildman–Crippen LogP) is 6.53. The number of nitrogens with zero attached hydrogens (tertiary/aromatic N) is 2. The molecule has 3 heterocycles. The quantitative estimate of drug-likeness (QED) is 0.257. The lowest BCUT2D eigenvalue weighted by Crippen LogP contribution is -2.27. The molecule has 0 amide bonds. The fourth-order valence-electron chi connectivity index (χ4n) is 4.08. The Labute approximate surface area is 217 Å². The maximum atomic E-state index is 13.4. The molecule has 8 nitrogen and oxygen atoms in total. The van der Waals surface area contributed by atoms with Crippen molar-refractivity contribution in [1.82, 2.24) is 14.8 Å². The number of rotatable bonds is 6. The molecule has 5 aromatic rings. The highest BCUT2D eigenvalue weighted by molar-refractivity contribution is 7.19. The number of benzene rings is 2. The molecule has 0 spiro atoms. The number of ether oxygens (including phenoxy) is 3. The summed E-state index contributed by atoms with van der Waals surface area (Å²) < 4.78 is 18.9. The third kappa shape index (κ3) is 5.14. The van der Waals surface area contributed by atoms with Crippen LogP contribution in [-0.2, 0) is 27.4 Å². The lowest BCUT2D eigenvalue weighted by Gasteiger charge is -2.20. The van der Waals surface area contributed by atoms with Gasteiger partial charge in [-0.3, -0.25) is 5.10 Å². The Morgan fingerprint density at radius 2 is 1.81 bits per heavy atom. The minimum absolute atomic E-state index is 0.339. The lowest BCUT2D eigenvalue weighted by molar-refractivity contribution is 0.0544. The molecule has 0 unspecified atom stereocenters. The second kappa shape index (κ2) is 9.84. The molecule has 190 valence electrons. The third-order valence-electron chi connectivity index (χ3n) is 5.69. The minimum Gasteiger partial charge on any atom is -0.465 e. The number of carbonyl (C=O) groups is 2. The Kier molecular flexibility index (Phi) is 6.57. The van der Waals surface area contributed by atoms with E-state index >= 15 is 0 Å². The molecule has 0 radical (unpaired) electrons. The van der Waals surface area contributed by atoms with Gasteiger partial charge in [-0.1, -0.05) is 36.4 Å². The topological polar surface area (TPSA) is 95.4 Å². The van der Waals surface area contributed by atoms with E-state index in [0.29, 0.717) is 35.7 Å². The molecular formula is C28H27N3O5S. The largest absolute Gasteiger partial charge is 0.465 e. The van der Waals surface area contributed by atoms with Crippen molar-refractivity contribution in [2.24, 2.45) is 0 Å². The Morgan fingerprint density at radius 1 is 1.03 bits per heavy atom. The summed E-state index contributed by atoms with van der Waals surface area (Å²) in [4.78, 5) is 26.6. The van der Waals surface area contributed by atoms with Gasteiger partial charge in [-0.2, -0.15) is 5.10 Å². The highest BCUT2D eigenvalue weighted by Gasteiger charge is 2.26. The van der Waals surface area contributed by atoms with Gasteiger partial charge in [-0.25, -0.2) is 14.2 Å². The van der Waals surface area contributed by atoms with E-state index in [1.165, 1.54) is 11.7 Å². The average molecular weight is 518 g/mol. The van der Waals surface area contributed by atoms with Crippen LogP contribution < -0.4 is 0 Å². The molecule has 0 bridgehead atoms. The Balaban J connectivity index is 1.53. The van der Waals surface area contributed by atoms with Crippen molar-refractivity contribution >= 4 is 44.5 Å². The predicted molar refractivity (Wildman–Crippen MR) is 143 cm³/mol. The van der Waals surface area contributed by atoms with E-state index in [1.54, 1.807) is 29.5 Å². The Bertz CT molecular complexity index is 1590. The van der Waals surface area contributed by atoms with Crippen molar-refractivity contribution in [3.05, 3.63) is 76.7 Å². The zero-order chi connectivity index (χ0) is 26.2. The number of fused-ring (bicyclic) bond motifs is 2. The van der Waals surface area contributed by atoms with Gasteiger partial charge in [0.1, 0.15) is 11.3 Å². The number of H-pyrrole nitrogens is 1. The van der Waals surface area contributed by atoms with E-state index in [2.05, 4.69) is 10.2 Å². The first kappa shape index (κ1) is 24.7. The summed E-state index contributed by atoms with van der Waals surface area (Å²) in [6.07, 6.45) is -0.557. The molecule has 9 heteroatoms. The summed E-state index contributed by atoms with van der Waals surface area (Å²) in [5.74, 6) is -0.485. The lowest BCUT2D eigenvalue weighted by atomic mass is 10.1. The zero-order valence-electron chi connectivity index (χ0n) is 21.0. The molecule has 0 aliphatic carbocycles. The molecule has 0 saturated carbocycles. The summed E-state index contributed by atoms with van der Waals surface area (Å²) in [5.41, 5.74) is 3.32. The minimum atomic E-state index is -0.710. The van der Waals surface area contributed by atoms with Crippen LogP contribution in [0.1, 0.15) is 41.6 Å². The third-order valence-corrected chi connectivity index (χ3v) is 6.80. The summed E-state index contributed by atoms with van der Waals surface area (Å²) in [6.45, 7) is 6.41. The van der Waals surface area contributed by atoms with Crippen LogP contribution in [0.15, 0.2) is 60.7 Å². The van der Waals surface area contributed by atoms with E-state index in [4.69, 9.17) is 14.2 Å². The summed E-state index contributed by atoms with van der Waals surface area (Å²) >= 11 is 1.56. The van der Waals surface area contributed by atoms with Gasteiger partial charge in [-0.05, 0) is 50.6 Å². The van der Waals surface area contributed by atoms with Crippen molar-refractivity contribution in [3.8, 4) is 11.4 Å². The fraction of sp³-hybridized carbons (Fsp3) is 0.250. The second-order valence-corrected chi connectivity index (χ2v) is 10.8. The monoisotopic (exact) mass is 517 g/mol. The maximum absolute atomic E-state index is 13.4. The summed E-state index contributed by atoms with van der Waals surface area (Å²) in [6, 6.07) is 19.0. The van der Waals surface area contributed by atoms with E-state index in [1.807, 2.05) is 63.2 Å². The first-order valence-corrected chi connectivity index (χ1v) is 12.6. The van der Waals surface area contributed by atoms with Crippen LogP contribution in [0, 0.1) is 0 Å². The van der Waals surface area contributed by atoms with Crippen molar-refractivity contribution < 1.29 is 23.8 Å². The van der Waals surface area contributed by atoms with Crippen molar-refractivity contribution in [3.63, 3.8) is 0 Å². The molecule has 0 saturated heterocycles. The number of esters is 1. The van der Waals surface area contributed by atoms with E-state index in [-0.39, 0.29) is 0 Å². The van der Waals surface area contributed by atoms with Gasteiger partial charge in [0.05, 0.1) is 47.3 Å². The molecular weight excluding hydrogens is 490 g/mol. The number of thiophene rings is 1. The van der Waals surface area contributed by atoms with Crippen molar-refractivity contribution in [1.29, 1.82) is 0 Å². The maximum Gasteiger partial charge on any atom is 0.419 e. The molecule has 1 N–H and O–H groups in total. The molecule has 37 heavy (non-hydrogen) atoms. The Hall–Kier alpha value is -3.95. The van der Waals surface area contributed by atoms with Gasteiger partial charge in [-0.15, -0.1) is 11.3 Å². The molecule has 0 atom stereocenters. The molecule has 3 aromatic heterocycles. The van der Waals surface area contributed by atoms with Gasteiger partial charge >= 0.3 is 12.1 Å². The van der Waals surface area contributed by atoms with Crippen LogP contribution in [0.5, 0.6) is 0 Å². The number of aromatic nitrogens is 3. The van der Waals surface area contributed by atoms with Crippen LogP contribution in [0.2, 0.25) is 0 Å². The number of hydrogen-bond acceptors (Lipinski definition) is 7. The van der Waals surface area contributed by atoms with Crippen LogP contribution in [0.25, 0.3) is 32.5 Å². The molecule has 0 fully saturated rings. The second-order valence-electron chi connectivity index (χ2n) is 9.62. The summed E-state index contributed by atoms with van der Waals surface area (Å²) in [7, 11) is 1.32. The van der Waals surface area contributed by atoms with Crippen molar-refractivity contribution in [2.45, 2.75) is 39.6 Å². The van der Waals surface area contributed by atoms with Crippen molar-refractivity contribution in [2.75, 3.05) is 7.11 Å². The van der Waals surface area contributed by atoms with Gasteiger partial charge in [0.25, 0.3) is 0 Å². The van der Waals surface area contributed by atoms with Gasteiger partial charge in [0, 0.05) is 10.3 Å². The number of hydrogen-bond donors (Lipinski definition) is 1. The molecule has 5 rings (SSSR count). The standard InChI is InChI=1S/C28H27N3O5S/c1-28(2,3)36-27(33)31-22-13-19(26(32)34-4)11-10-18(22)12-23(31)24-25-21(29-30-24)14-20(37-25)16-35-15-17-8-6-5-7-9-17/h5-14H,15-16H2,1-4H3,(H,29,30). The normalized spacial score (nSPS) is 11.8. The fourth-order valence-corrected chi connectivity index (χ4v) is 5.12. The average Bonchev–Trinajstić information content (AvgIpc) is 3.54. The highest BCUT2D eigenvalue weighted by atomic mass is 32.1. The van der Waals surface area contributed by atoms with Crippen LogP contribution >= 0.6 is 11.3 Å². The molecule has 0 aliphatic rings. The number of nitrogens with one attached hydrogen (secondary N) is 1. The van der Waals surface area contributed by atoms with E-state index in [0.717, 1.165) is 26.0 Å². The first-order chi connectivity index (χ1) is 17.7. The molecule has 0 aliphatic heterocycles. The smallest absolute Gasteiger partial charge is 0.419 e. The van der Waals surface area contributed by atoms with E-state index < -0.39 is 17.7 Å². The first-order valence-electron chi connectivity index (χ1n) is 11.8. The number of aromatic amines is 1. The van der Waals surface area contributed by atoms with Crippen LogP contribution in [0.3, 0.4) is 0 Å². The highest BCUT2D eigenvalue weighted by Crippen LogP contribution is 2.37. The SMILES string of the molecule is COC(=O)c1ccc2cc(-c3n[nH]c4cc(COCc5ccccc5)sc34)n(C(=O)OC(C)(C)C)c2c1. The Morgan fingerprint density at radius 3 is 2.54 bits per heavy atom. The van der Waals surface area contributed by atoms with Gasteiger partial charge in [0.2, 0.25) is 0 Å². The molecule has 2 aromatic carbocycles. The van der Waals surface area contributed by atoms with E-state index in [9.17, 15) is 9.59 Å². The van der Waals surface area contributed by atoms with Gasteiger partial charge in [0.15, 0.2) is 0 Å². The van der Waals surface area contributed by atoms with Crippen LogP contribution in [0.4, 0.5) is 4.79 Å². The summed E-state index contributed by atoms with van der Waals surface area (Å²) in [5, 5.41) is 8.38. The van der Waals surface area contributed by atoms with Crippen LogP contribution in [-0.4, -0.2) is 39.5 Å². The zero-order valence-corrected chi connectivity index (χ0v) is 21.8. The number of methoxy groups -OCH3 is 1.